The van der Waals surface area contributed by atoms with Crippen LogP contribution in [-0.2, 0) is 18.3 Å². The molecule has 0 fully saturated rings. The third-order valence-corrected chi connectivity index (χ3v) is 5.58. The summed E-state index contributed by atoms with van der Waals surface area (Å²) in [4.78, 5) is 16.8. The molecule has 2 heterocycles. The Morgan fingerprint density at radius 2 is 2.07 bits per heavy atom. The third kappa shape index (κ3) is 3.15. The molecule has 0 saturated heterocycles. The number of benzene rings is 1. The lowest BCUT2D eigenvalue weighted by molar-refractivity contribution is -0.115. The predicted molar refractivity (Wildman–Crippen MR) is 106 cm³/mol. The normalized spacial score (nSPS) is 19.4. The van der Waals surface area contributed by atoms with Gasteiger partial charge < -0.3 is 4.57 Å². The van der Waals surface area contributed by atoms with Crippen LogP contribution >= 0.6 is 11.6 Å². The Kier molecular flexibility index (Phi) is 4.55. The number of ketones is 1. The maximum Gasteiger partial charge on any atom is 0.173 e. The first-order chi connectivity index (χ1) is 13.1. The van der Waals surface area contributed by atoms with Gasteiger partial charge in [0.15, 0.2) is 5.78 Å². The van der Waals surface area contributed by atoms with Crippen molar-refractivity contribution in [2.45, 2.75) is 25.2 Å². The van der Waals surface area contributed by atoms with Gasteiger partial charge in [-0.05, 0) is 48.1 Å². The Balaban J connectivity index is 1.92. The number of aromatic nitrogens is 2. The SMILES string of the molecule is Cn1c2c(c3ccccc31)CC(c1ccc(Cl)nc1)CCC(=O)/C(C#N)=C\2. The Morgan fingerprint density at radius 3 is 2.81 bits per heavy atom. The molecule has 134 valence electrons. The first kappa shape index (κ1) is 17.5. The number of aryl methyl sites for hydroxylation is 1. The summed E-state index contributed by atoms with van der Waals surface area (Å²) in [5.41, 5.74) is 4.46. The lowest BCUT2D eigenvalue weighted by Gasteiger charge is -2.16. The second-order valence-corrected chi connectivity index (χ2v) is 7.27. The number of Topliss-reactive ketones (excluding diaryl/α,β-unsaturated/α-hetero) is 1. The van der Waals surface area contributed by atoms with Crippen LogP contribution in [0.1, 0.15) is 35.6 Å². The summed E-state index contributed by atoms with van der Waals surface area (Å²) in [5.74, 6) is 0.0252. The van der Waals surface area contributed by atoms with E-state index >= 15 is 0 Å². The fourth-order valence-corrected chi connectivity index (χ4v) is 4.02. The van der Waals surface area contributed by atoms with Crippen LogP contribution in [-0.4, -0.2) is 15.3 Å². The highest BCUT2D eigenvalue weighted by Gasteiger charge is 2.24. The van der Waals surface area contributed by atoms with Crippen LogP contribution in [0.5, 0.6) is 0 Å². The number of hydrogen-bond donors (Lipinski definition) is 0. The van der Waals surface area contributed by atoms with Gasteiger partial charge in [0, 0.05) is 36.3 Å². The molecule has 5 heteroatoms. The third-order valence-electron chi connectivity index (χ3n) is 5.36. The zero-order valence-corrected chi connectivity index (χ0v) is 15.7. The molecule has 0 N–H and O–H groups in total. The van der Waals surface area contributed by atoms with E-state index in [0.717, 1.165) is 34.1 Å². The standard InChI is InChI=1S/C22H18ClN3O/c1-26-19-5-3-2-4-17(19)18-10-14(15-7-9-22(23)25-13-15)6-8-21(27)16(12-24)11-20(18)26/h2-5,7,9,11,13-14H,6,8,10H2,1H3/b16-11-. The van der Waals surface area contributed by atoms with Crippen LogP contribution < -0.4 is 0 Å². The summed E-state index contributed by atoms with van der Waals surface area (Å²) in [7, 11) is 1.98. The lowest BCUT2D eigenvalue weighted by Crippen LogP contribution is -2.07. The molecule has 0 aliphatic heterocycles. The van der Waals surface area contributed by atoms with Gasteiger partial charge >= 0.3 is 0 Å². The van der Waals surface area contributed by atoms with Gasteiger partial charge in [-0.25, -0.2) is 4.98 Å². The topological polar surface area (TPSA) is 58.7 Å². The lowest BCUT2D eigenvalue weighted by atomic mass is 9.88. The summed E-state index contributed by atoms with van der Waals surface area (Å²) in [6.07, 6.45) is 5.34. The van der Waals surface area contributed by atoms with Crippen LogP contribution in [0.2, 0.25) is 5.15 Å². The Morgan fingerprint density at radius 1 is 1.26 bits per heavy atom. The Bertz CT molecular complexity index is 1100. The van der Waals surface area contributed by atoms with E-state index in [1.54, 1.807) is 18.3 Å². The summed E-state index contributed by atoms with van der Waals surface area (Å²) in [6, 6.07) is 14.0. The number of pyridine rings is 1. The van der Waals surface area contributed by atoms with E-state index in [0.29, 0.717) is 18.0 Å². The molecule has 0 saturated carbocycles. The van der Waals surface area contributed by atoms with E-state index < -0.39 is 0 Å². The number of allylic oxidation sites excluding steroid dienone is 1. The first-order valence-electron chi connectivity index (χ1n) is 8.91. The summed E-state index contributed by atoms with van der Waals surface area (Å²) >= 11 is 5.95. The van der Waals surface area contributed by atoms with E-state index in [-0.39, 0.29) is 17.3 Å². The van der Waals surface area contributed by atoms with Crippen molar-refractivity contribution in [2.24, 2.45) is 7.05 Å². The van der Waals surface area contributed by atoms with Crippen molar-refractivity contribution in [3.05, 3.63) is 70.1 Å². The molecule has 0 amide bonds. The van der Waals surface area contributed by atoms with Crippen molar-refractivity contribution in [3.63, 3.8) is 0 Å². The Labute approximate surface area is 162 Å². The van der Waals surface area contributed by atoms with Gasteiger partial charge in [0.1, 0.15) is 11.2 Å². The fraction of sp³-hybridized carbons (Fsp3) is 0.227. The molecule has 1 aromatic carbocycles. The van der Waals surface area contributed by atoms with Crippen LogP contribution in [0, 0.1) is 11.3 Å². The molecule has 4 rings (SSSR count). The zero-order chi connectivity index (χ0) is 19.0. The number of rotatable bonds is 1. The highest BCUT2D eigenvalue weighted by molar-refractivity contribution is 6.29. The fourth-order valence-electron chi connectivity index (χ4n) is 3.90. The number of carbonyl (C=O) groups is 1. The van der Waals surface area contributed by atoms with E-state index in [4.69, 9.17) is 11.6 Å². The summed E-state index contributed by atoms with van der Waals surface area (Å²) < 4.78 is 2.07. The second-order valence-electron chi connectivity index (χ2n) is 6.89. The van der Waals surface area contributed by atoms with E-state index in [1.807, 2.05) is 25.2 Å². The van der Waals surface area contributed by atoms with Gasteiger partial charge in [-0.15, -0.1) is 0 Å². The molecule has 0 radical (unpaired) electrons. The van der Waals surface area contributed by atoms with Crippen LogP contribution in [0.3, 0.4) is 0 Å². The molecule has 1 atom stereocenters. The number of carbonyl (C=O) groups excluding carboxylic acids is 1. The van der Waals surface area contributed by atoms with Gasteiger partial charge in [0.05, 0.1) is 5.57 Å². The molecular weight excluding hydrogens is 358 g/mol. The quantitative estimate of drug-likeness (QED) is 0.573. The number of nitriles is 1. The van der Waals surface area contributed by atoms with Crippen LogP contribution in [0.25, 0.3) is 17.0 Å². The number of para-hydroxylation sites is 1. The number of nitrogens with zero attached hydrogens (tertiary/aromatic N) is 3. The van der Waals surface area contributed by atoms with Gasteiger partial charge in [-0.3, -0.25) is 4.79 Å². The maximum atomic E-state index is 12.6. The number of fused-ring (bicyclic) bond motifs is 3. The molecule has 0 bridgehead atoms. The van der Waals surface area contributed by atoms with Gasteiger partial charge in [0.2, 0.25) is 0 Å². The first-order valence-corrected chi connectivity index (χ1v) is 9.29. The molecule has 0 spiro atoms. The number of halogens is 1. The molecule has 1 aliphatic carbocycles. The van der Waals surface area contributed by atoms with Crippen molar-refractivity contribution in [3.8, 4) is 6.07 Å². The van der Waals surface area contributed by atoms with Crippen molar-refractivity contribution < 1.29 is 4.79 Å². The summed E-state index contributed by atoms with van der Waals surface area (Å²) in [6.45, 7) is 0. The highest BCUT2D eigenvalue weighted by atomic mass is 35.5. The molecule has 4 nitrogen and oxygen atoms in total. The molecular formula is C22H18ClN3O. The van der Waals surface area contributed by atoms with E-state index in [9.17, 15) is 10.1 Å². The average molecular weight is 376 g/mol. The van der Waals surface area contributed by atoms with Crippen molar-refractivity contribution >= 4 is 34.4 Å². The Hall–Kier alpha value is -2.90. The van der Waals surface area contributed by atoms with Crippen molar-refractivity contribution in [1.29, 1.82) is 5.26 Å². The smallest absolute Gasteiger partial charge is 0.173 e. The van der Waals surface area contributed by atoms with Crippen molar-refractivity contribution in [1.82, 2.24) is 9.55 Å². The van der Waals surface area contributed by atoms with Gasteiger partial charge in [0.25, 0.3) is 0 Å². The minimum Gasteiger partial charge on any atom is -0.344 e. The average Bonchev–Trinajstić information content (AvgIpc) is 2.98. The second kappa shape index (κ2) is 7.02. The number of hydrogen-bond acceptors (Lipinski definition) is 3. The molecule has 27 heavy (non-hydrogen) atoms. The van der Waals surface area contributed by atoms with Crippen LogP contribution in [0.15, 0.2) is 48.2 Å². The van der Waals surface area contributed by atoms with E-state index in [1.165, 1.54) is 0 Å². The van der Waals surface area contributed by atoms with Crippen LogP contribution in [0.4, 0.5) is 0 Å². The van der Waals surface area contributed by atoms with Crippen molar-refractivity contribution in [2.75, 3.05) is 0 Å². The highest BCUT2D eigenvalue weighted by Crippen LogP contribution is 2.35. The minimum absolute atomic E-state index is 0.109. The van der Waals surface area contributed by atoms with Gasteiger partial charge in [-0.1, -0.05) is 35.9 Å². The molecule has 1 aliphatic rings. The minimum atomic E-state index is -0.109. The molecule has 1 unspecified atom stereocenters. The predicted octanol–water partition coefficient (Wildman–Crippen LogP) is 4.82. The molecule has 2 aromatic heterocycles. The molecule has 3 aromatic rings. The van der Waals surface area contributed by atoms with Gasteiger partial charge in [-0.2, -0.15) is 5.26 Å². The maximum absolute atomic E-state index is 12.6. The monoisotopic (exact) mass is 375 g/mol. The van der Waals surface area contributed by atoms with E-state index in [2.05, 4.69) is 27.8 Å². The largest absolute Gasteiger partial charge is 0.344 e. The summed E-state index contributed by atoms with van der Waals surface area (Å²) in [5, 5.41) is 11.1. The zero-order valence-electron chi connectivity index (χ0n) is 14.9.